The zero-order valence-electron chi connectivity index (χ0n) is 12.8. The van der Waals surface area contributed by atoms with Crippen LogP contribution in [0.3, 0.4) is 0 Å². The smallest absolute Gasteiger partial charge is 0.227 e. The number of hydrogen-bond acceptors (Lipinski definition) is 2. The van der Waals surface area contributed by atoms with E-state index in [-0.39, 0.29) is 29.9 Å². The summed E-state index contributed by atoms with van der Waals surface area (Å²) < 4.78 is 0. The maximum absolute atomic E-state index is 11.7. The fraction of sp³-hybridized carbons (Fsp3) is 0.375. The van der Waals surface area contributed by atoms with Gasteiger partial charge in [0.1, 0.15) is 0 Å². The van der Waals surface area contributed by atoms with Gasteiger partial charge < -0.3 is 15.5 Å². The van der Waals surface area contributed by atoms with Gasteiger partial charge in [0.15, 0.2) is 5.96 Å². The number of aliphatic imine (C=N–C) groups is 1. The molecular weight excluding hydrogens is 391 g/mol. The lowest BCUT2D eigenvalue weighted by Gasteiger charge is -2.16. The third kappa shape index (κ3) is 5.01. The van der Waals surface area contributed by atoms with Crippen LogP contribution in [0.2, 0.25) is 0 Å². The maximum atomic E-state index is 11.7. The predicted molar refractivity (Wildman–Crippen MR) is 102 cm³/mol. The van der Waals surface area contributed by atoms with Gasteiger partial charge in [-0.2, -0.15) is 0 Å². The number of rotatable bonds is 5. The minimum atomic E-state index is 0. The van der Waals surface area contributed by atoms with Crippen molar-refractivity contribution in [3.05, 3.63) is 42.5 Å². The van der Waals surface area contributed by atoms with E-state index in [1.165, 1.54) is 0 Å². The highest BCUT2D eigenvalue weighted by atomic mass is 127. The molecule has 0 atom stereocenters. The minimum absolute atomic E-state index is 0. The van der Waals surface area contributed by atoms with Crippen molar-refractivity contribution in [2.24, 2.45) is 4.99 Å². The second kappa shape index (κ2) is 9.45. The van der Waals surface area contributed by atoms with Gasteiger partial charge in [0, 0.05) is 38.8 Å². The van der Waals surface area contributed by atoms with E-state index in [1.807, 2.05) is 29.2 Å². The molecule has 1 fully saturated rings. The van der Waals surface area contributed by atoms with E-state index >= 15 is 0 Å². The molecular formula is C16H23IN4O. The monoisotopic (exact) mass is 414 g/mol. The Morgan fingerprint density at radius 3 is 2.64 bits per heavy atom. The van der Waals surface area contributed by atoms with Crippen molar-refractivity contribution in [1.82, 2.24) is 10.6 Å². The molecule has 0 bridgehead atoms. The SMILES string of the molecule is C=CCNC(=NC)NCc1ccc(N2CCCC2=O)cc1.I. The van der Waals surface area contributed by atoms with E-state index in [0.717, 1.165) is 30.2 Å². The summed E-state index contributed by atoms with van der Waals surface area (Å²) >= 11 is 0. The van der Waals surface area contributed by atoms with Gasteiger partial charge in [0.05, 0.1) is 0 Å². The van der Waals surface area contributed by atoms with Gasteiger partial charge in [-0.1, -0.05) is 18.2 Å². The Labute approximate surface area is 148 Å². The van der Waals surface area contributed by atoms with Crippen molar-refractivity contribution in [3.63, 3.8) is 0 Å². The van der Waals surface area contributed by atoms with Crippen LogP contribution in [0.25, 0.3) is 0 Å². The van der Waals surface area contributed by atoms with Crippen LogP contribution >= 0.6 is 24.0 Å². The Morgan fingerprint density at radius 2 is 2.09 bits per heavy atom. The summed E-state index contributed by atoms with van der Waals surface area (Å²) in [4.78, 5) is 17.7. The molecule has 2 N–H and O–H groups in total. The quantitative estimate of drug-likeness (QED) is 0.337. The summed E-state index contributed by atoms with van der Waals surface area (Å²) in [6.07, 6.45) is 3.40. The van der Waals surface area contributed by atoms with Crippen LogP contribution in [-0.4, -0.2) is 32.0 Å². The van der Waals surface area contributed by atoms with Crippen LogP contribution in [0.15, 0.2) is 41.9 Å². The molecule has 1 saturated heterocycles. The second-order valence-corrected chi connectivity index (χ2v) is 4.91. The number of amides is 1. The molecule has 0 spiro atoms. The normalized spacial score (nSPS) is 14.5. The average Bonchev–Trinajstić information content (AvgIpc) is 2.94. The number of halogens is 1. The molecule has 6 heteroatoms. The van der Waals surface area contributed by atoms with Crippen molar-refractivity contribution in [3.8, 4) is 0 Å². The summed E-state index contributed by atoms with van der Waals surface area (Å²) in [6.45, 7) is 5.85. The molecule has 1 aliphatic rings. The summed E-state index contributed by atoms with van der Waals surface area (Å²) in [7, 11) is 1.74. The highest BCUT2D eigenvalue weighted by Crippen LogP contribution is 2.21. The lowest BCUT2D eigenvalue weighted by molar-refractivity contribution is -0.117. The van der Waals surface area contributed by atoms with Crippen molar-refractivity contribution >= 4 is 41.5 Å². The third-order valence-electron chi connectivity index (χ3n) is 3.42. The van der Waals surface area contributed by atoms with Gasteiger partial charge in [-0.05, 0) is 24.1 Å². The average molecular weight is 414 g/mol. The first kappa shape index (κ1) is 18.5. The Hall–Kier alpha value is -1.57. The van der Waals surface area contributed by atoms with E-state index in [2.05, 4.69) is 22.2 Å². The second-order valence-electron chi connectivity index (χ2n) is 4.91. The molecule has 120 valence electrons. The van der Waals surface area contributed by atoms with Crippen molar-refractivity contribution in [2.45, 2.75) is 19.4 Å². The Balaban J connectivity index is 0.00000242. The summed E-state index contributed by atoms with van der Waals surface area (Å²) in [5.41, 5.74) is 2.13. The lowest BCUT2D eigenvalue weighted by Crippen LogP contribution is -2.36. The number of benzene rings is 1. The molecule has 1 aliphatic heterocycles. The van der Waals surface area contributed by atoms with Gasteiger partial charge in [-0.25, -0.2) is 0 Å². The molecule has 0 saturated carbocycles. The standard InChI is InChI=1S/C16H22N4O.HI/c1-3-10-18-16(17-2)19-12-13-6-8-14(9-7-13)20-11-4-5-15(20)21;/h3,6-9H,1,4-5,10-12H2,2H3,(H2,17,18,19);1H. The van der Waals surface area contributed by atoms with Gasteiger partial charge >= 0.3 is 0 Å². The Bertz CT molecular complexity index is 527. The number of guanidine groups is 1. The van der Waals surface area contributed by atoms with Crippen LogP contribution in [0.5, 0.6) is 0 Å². The largest absolute Gasteiger partial charge is 0.353 e. The molecule has 1 heterocycles. The summed E-state index contributed by atoms with van der Waals surface area (Å²) in [6, 6.07) is 8.07. The van der Waals surface area contributed by atoms with Gasteiger partial charge in [0.25, 0.3) is 0 Å². The highest BCUT2D eigenvalue weighted by Gasteiger charge is 2.21. The van der Waals surface area contributed by atoms with Gasteiger partial charge in [-0.15, -0.1) is 30.6 Å². The van der Waals surface area contributed by atoms with Crippen LogP contribution in [0, 0.1) is 0 Å². The Morgan fingerprint density at radius 1 is 1.36 bits per heavy atom. The topological polar surface area (TPSA) is 56.7 Å². The van der Waals surface area contributed by atoms with Gasteiger partial charge in [-0.3, -0.25) is 9.79 Å². The third-order valence-corrected chi connectivity index (χ3v) is 3.42. The molecule has 1 aromatic carbocycles. The number of carbonyl (C=O) groups is 1. The number of hydrogen-bond donors (Lipinski definition) is 2. The zero-order valence-corrected chi connectivity index (χ0v) is 15.2. The number of carbonyl (C=O) groups excluding carboxylic acids is 1. The fourth-order valence-electron chi connectivity index (χ4n) is 2.29. The van der Waals surface area contributed by atoms with Crippen LogP contribution < -0.4 is 15.5 Å². The summed E-state index contributed by atoms with van der Waals surface area (Å²) in [5.74, 6) is 0.962. The molecule has 22 heavy (non-hydrogen) atoms. The highest BCUT2D eigenvalue weighted by molar-refractivity contribution is 14.0. The molecule has 1 aromatic rings. The molecule has 1 amide bonds. The number of nitrogens with one attached hydrogen (secondary N) is 2. The van der Waals surface area contributed by atoms with E-state index in [4.69, 9.17) is 0 Å². The first-order valence-electron chi connectivity index (χ1n) is 7.19. The first-order chi connectivity index (χ1) is 10.2. The van der Waals surface area contributed by atoms with E-state index in [1.54, 1.807) is 13.1 Å². The summed E-state index contributed by atoms with van der Waals surface area (Å²) in [5, 5.41) is 6.35. The van der Waals surface area contributed by atoms with Crippen LogP contribution in [0.4, 0.5) is 5.69 Å². The first-order valence-corrected chi connectivity index (χ1v) is 7.19. The molecule has 0 aromatic heterocycles. The maximum Gasteiger partial charge on any atom is 0.227 e. The zero-order chi connectivity index (χ0) is 15.1. The molecule has 0 unspecified atom stereocenters. The molecule has 5 nitrogen and oxygen atoms in total. The predicted octanol–water partition coefficient (Wildman–Crippen LogP) is 2.28. The van der Waals surface area contributed by atoms with Gasteiger partial charge in [0.2, 0.25) is 5.91 Å². The minimum Gasteiger partial charge on any atom is -0.353 e. The van der Waals surface area contributed by atoms with E-state index < -0.39 is 0 Å². The fourth-order valence-corrected chi connectivity index (χ4v) is 2.29. The van der Waals surface area contributed by atoms with E-state index in [0.29, 0.717) is 19.5 Å². The van der Waals surface area contributed by atoms with Crippen molar-refractivity contribution in [2.75, 3.05) is 25.0 Å². The van der Waals surface area contributed by atoms with Crippen LogP contribution in [0.1, 0.15) is 18.4 Å². The molecule has 0 aliphatic carbocycles. The Kier molecular flexibility index (Phi) is 7.94. The number of anilines is 1. The molecule has 0 radical (unpaired) electrons. The van der Waals surface area contributed by atoms with Crippen molar-refractivity contribution in [1.29, 1.82) is 0 Å². The van der Waals surface area contributed by atoms with Crippen LogP contribution in [-0.2, 0) is 11.3 Å². The lowest BCUT2D eigenvalue weighted by atomic mass is 10.2. The van der Waals surface area contributed by atoms with E-state index in [9.17, 15) is 4.79 Å². The number of nitrogens with zero attached hydrogens (tertiary/aromatic N) is 2. The van der Waals surface area contributed by atoms with Crippen molar-refractivity contribution < 1.29 is 4.79 Å². The molecule has 2 rings (SSSR count).